The number of nitrogens with one attached hydrogen (secondary N) is 1. The molecule has 0 radical (unpaired) electrons. The molecule has 1 fully saturated rings. The highest BCUT2D eigenvalue weighted by Crippen LogP contribution is 2.10. The van der Waals surface area contributed by atoms with Gasteiger partial charge in [-0.3, -0.25) is 9.59 Å². The van der Waals surface area contributed by atoms with Crippen LogP contribution in [-0.4, -0.2) is 47.6 Å². The van der Waals surface area contributed by atoms with E-state index in [1.807, 2.05) is 6.92 Å². The summed E-state index contributed by atoms with van der Waals surface area (Å²) in [5, 5.41) is 11.3. The Hall–Kier alpha value is -1.10. The second-order valence-corrected chi connectivity index (χ2v) is 3.65. The third-order valence-corrected chi connectivity index (χ3v) is 2.57. The van der Waals surface area contributed by atoms with Gasteiger partial charge in [0.05, 0.1) is 0 Å². The van der Waals surface area contributed by atoms with Crippen LogP contribution < -0.4 is 5.32 Å². The van der Waals surface area contributed by atoms with Crippen LogP contribution in [0.5, 0.6) is 0 Å². The Morgan fingerprint density at radius 3 is 2.87 bits per heavy atom. The highest BCUT2D eigenvalue weighted by atomic mass is 16.3. The predicted molar refractivity (Wildman–Crippen MR) is 55.1 cm³/mol. The van der Waals surface area contributed by atoms with Crippen molar-refractivity contribution in [2.45, 2.75) is 32.2 Å². The standard InChI is InChI=1S/C10H18N2O3/c1-2-12(6-3-7-13)10(15)8-4-5-9(14)11-8/h8,13H,2-7H2,1H3,(H,11,14)/t8-/m1/s1. The molecule has 1 rings (SSSR count). The lowest BCUT2D eigenvalue weighted by Gasteiger charge is -2.23. The first-order valence-electron chi connectivity index (χ1n) is 5.38. The quantitative estimate of drug-likeness (QED) is 0.648. The molecule has 1 aliphatic rings. The van der Waals surface area contributed by atoms with E-state index in [9.17, 15) is 9.59 Å². The molecule has 2 amide bonds. The fraction of sp³-hybridized carbons (Fsp3) is 0.800. The van der Waals surface area contributed by atoms with E-state index in [-0.39, 0.29) is 24.5 Å². The first kappa shape index (κ1) is 12.0. The van der Waals surface area contributed by atoms with Gasteiger partial charge >= 0.3 is 0 Å². The van der Waals surface area contributed by atoms with E-state index in [0.29, 0.717) is 32.4 Å². The molecule has 0 aliphatic carbocycles. The maximum absolute atomic E-state index is 11.9. The minimum absolute atomic E-state index is 0.0307. The first-order chi connectivity index (χ1) is 7.19. The van der Waals surface area contributed by atoms with Crippen LogP contribution >= 0.6 is 0 Å². The molecule has 0 saturated carbocycles. The number of nitrogens with zero attached hydrogens (tertiary/aromatic N) is 1. The Bertz CT molecular complexity index is 243. The monoisotopic (exact) mass is 214 g/mol. The number of amides is 2. The van der Waals surface area contributed by atoms with Crippen molar-refractivity contribution in [1.82, 2.24) is 10.2 Å². The summed E-state index contributed by atoms with van der Waals surface area (Å²) in [5.74, 6) is -0.0802. The Kier molecular flexibility index (Phi) is 4.55. The summed E-state index contributed by atoms with van der Waals surface area (Å²) in [7, 11) is 0. The van der Waals surface area contributed by atoms with Crippen LogP contribution in [0.25, 0.3) is 0 Å². The van der Waals surface area contributed by atoms with E-state index < -0.39 is 0 Å². The lowest BCUT2D eigenvalue weighted by molar-refractivity contribution is -0.134. The third-order valence-electron chi connectivity index (χ3n) is 2.57. The van der Waals surface area contributed by atoms with E-state index in [1.165, 1.54) is 0 Å². The minimum Gasteiger partial charge on any atom is -0.396 e. The molecule has 0 unspecified atom stereocenters. The van der Waals surface area contributed by atoms with Crippen LogP contribution in [0.1, 0.15) is 26.2 Å². The molecule has 2 N–H and O–H groups in total. The summed E-state index contributed by atoms with van der Waals surface area (Å²) in [6.45, 7) is 3.15. The Labute approximate surface area is 89.4 Å². The molecule has 1 saturated heterocycles. The van der Waals surface area contributed by atoms with Gasteiger partial charge in [-0.25, -0.2) is 0 Å². The molecule has 0 aromatic carbocycles. The normalized spacial score (nSPS) is 20.1. The van der Waals surface area contributed by atoms with Gasteiger partial charge in [-0.1, -0.05) is 0 Å². The van der Waals surface area contributed by atoms with Crippen molar-refractivity contribution in [1.29, 1.82) is 0 Å². The lowest BCUT2D eigenvalue weighted by atomic mass is 10.2. The molecule has 0 bridgehead atoms. The zero-order valence-corrected chi connectivity index (χ0v) is 9.03. The van der Waals surface area contributed by atoms with Crippen molar-refractivity contribution in [2.24, 2.45) is 0 Å². The summed E-state index contributed by atoms with van der Waals surface area (Å²) >= 11 is 0. The average Bonchev–Trinajstić information content (AvgIpc) is 2.65. The van der Waals surface area contributed by atoms with Crippen LogP contribution in [-0.2, 0) is 9.59 Å². The Morgan fingerprint density at radius 1 is 1.67 bits per heavy atom. The number of aliphatic hydroxyl groups excluding tert-OH is 1. The van der Waals surface area contributed by atoms with Crippen LogP contribution in [0.15, 0.2) is 0 Å². The van der Waals surface area contributed by atoms with Gasteiger partial charge in [0.25, 0.3) is 0 Å². The zero-order valence-electron chi connectivity index (χ0n) is 9.03. The first-order valence-corrected chi connectivity index (χ1v) is 5.38. The van der Waals surface area contributed by atoms with E-state index in [1.54, 1.807) is 4.90 Å². The fourth-order valence-corrected chi connectivity index (χ4v) is 1.71. The molecule has 1 atom stereocenters. The maximum Gasteiger partial charge on any atom is 0.245 e. The molecule has 86 valence electrons. The summed E-state index contributed by atoms with van der Waals surface area (Å²) in [5.41, 5.74) is 0. The molecular formula is C10H18N2O3. The van der Waals surface area contributed by atoms with E-state index in [4.69, 9.17) is 5.11 Å². The SMILES string of the molecule is CCN(CCCO)C(=O)[C@H]1CCC(=O)N1. The Balaban J connectivity index is 2.45. The van der Waals surface area contributed by atoms with Crippen molar-refractivity contribution < 1.29 is 14.7 Å². The van der Waals surface area contributed by atoms with Gasteiger partial charge in [-0.2, -0.15) is 0 Å². The van der Waals surface area contributed by atoms with Crippen LogP contribution in [0.4, 0.5) is 0 Å². The third kappa shape index (κ3) is 3.20. The largest absolute Gasteiger partial charge is 0.396 e. The molecule has 0 aromatic rings. The predicted octanol–water partition coefficient (Wildman–Crippen LogP) is -0.504. The van der Waals surface area contributed by atoms with Crippen LogP contribution in [0.3, 0.4) is 0 Å². The van der Waals surface area contributed by atoms with Gasteiger partial charge in [0.2, 0.25) is 11.8 Å². The van der Waals surface area contributed by atoms with E-state index in [2.05, 4.69) is 5.32 Å². The van der Waals surface area contributed by atoms with Crippen molar-refractivity contribution >= 4 is 11.8 Å². The highest BCUT2D eigenvalue weighted by Gasteiger charge is 2.29. The van der Waals surface area contributed by atoms with Crippen molar-refractivity contribution in [3.63, 3.8) is 0 Å². The van der Waals surface area contributed by atoms with E-state index >= 15 is 0 Å². The van der Waals surface area contributed by atoms with Crippen molar-refractivity contribution in [3.8, 4) is 0 Å². The van der Waals surface area contributed by atoms with Gasteiger partial charge in [-0.05, 0) is 19.8 Å². The summed E-state index contributed by atoms with van der Waals surface area (Å²) in [6.07, 6.45) is 1.61. The summed E-state index contributed by atoms with van der Waals surface area (Å²) < 4.78 is 0. The molecule has 0 aromatic heterocycles. The minimum atomic E-state index is -0.351. The number of likely N-dealkylation sites (N-methyl/N-ethyl adjacent to an activating group) is 1. The second-order valence-electron chi connectivity index (χ2n) is 3.65. The summed E-state index contributed by atoms with van der Waals surface area (Å²) in [4.78, 5) is 24.5. The molecule has 5 nitrogen and oxygen atoms in total. The van der Waals surface area contributed by atoms with Gasteiger partial charge in [0.1, 0.15) is 6.04 Å². The topological polar surface area (TPSA) is 69.6 Å². The average molecular weight is 214 g/mol. The summed E-state index contributed by atoms with van der Waals surface area (Å²) in [6, 6.07) is -0.351. The van der Waals surface area contributed by atoms with Crippen LogP contribution in [0, 0.1) is 0 Å². The molecule has 1 heterocycles. The smallest absolute Gasteiger partial charge is 0.245 e. The number of aliphatic hydroxyl groups is 1. The zero-order chi connectivity index (χ0) is 11.3. The lowest BCUT2D eigenvalue weighted by Crippen LogP contribution is -2.44. The van der Waals surface area contributed by atoms with Gasteiger partial charge in [0, 0.05) is 26.1 Å². The van der Waals surface area contributed by atoms with Crippen molar-refractivity contribution in [2.75, 3.05) is 19.7 Å². The fourth-order valence-electron chi connectivity index (χ4n) is 1.71. The molecule has 1 aliphatic heterocycles. The second kappa shape index (κ2) is 5.70. The maximum atomic E-state index is 11.9. The van der Waals surface area contributed by atoms with Gasteiger partial charge in [0.15, 0.2) is 0 Å². The van der Waals surface area contributed by atoms with Gasteiger partial charge in [-0.15, -0.1) is 0 Å². The van der Waals surface area contributed by atoms with E-state index in [0.717, 1.165) is 0 Å². The highest BCUT2D eigenvalue weighted by molar-refractivity contribution is 5.90. The number of hydrogen-bond acceptors (Lipinski definition) is 3. The number of hydrogen-bond donors (Lipinski definition) is 2. The van der Waals surface area contributed by atoms with Crippen LogP contribution in [0.2, 0.25) is 0 Å². The number of rotatable bonds is 5. The number of carbonyl (C=O) groups is 2. The van der Waals surface area contributed by atoms with Crippen molar-refractivity contribution in [3.05, 3.63) is 0 Å². The molecule has 5 heteroatoms. The molecule has 15 heavy (non-hydrogen) atoms. The number of carbonyl (C=O) groups excluding carboxylic acids is 2. The Morgan fingerprint density at radius 2 is 2.40 bits per heavy atom. The van der Waals surface area contributed by atoms with Gasteiger partial charge < -0.3 is 15.3 Å². The molecule has 0 spiro atoms. The molecular weight excluding hydrogens is 196 g/mol.